The van der Waals surface area contributed by atoms with Gasteiger partial charge in [0.25, 0.3) is 0 Å². The number of hydrogen-bond donors (Lipinski definition) is 1. The first kappa shape index (κ1) is 22.4. The molecule has 3 aromatic rings. The first-order valence-corrected chi connectivity index (χ1v) is 11.6. The Morgan fingerprint density at radius 3 is 2.76 bits per heavy atom. The number of fused-ring (bicyclic) bond motifs is 1. The monoisotopic (exact) mass is 459 g/mol. The molecule has 2 atom stereocenters. The number of anilines is 1. The number of nitrogens with zero attached hydrogens (tertiary/aromatic N) is 5. The number of ether oxygens (including phenoxy) is 1. The summed E-state index contributed by atoms with van der Waals surface area (Å²) in [6, 6.07) is 11.3. The summed E-state index contributed by atoms with van der Waals surface area (Å²) in [7, 11) is 0. The lowest BCUT2D eigenvalue weighted by molar-refractivity contribution is -0.0264. The number of pyridine rings is 1. The number of benzene rings is 1. The molecular formula is C26H29N5O3. The third-order valence-corrected chi connectivity index (χ3v) is 7.17. The lowest BCUT2D eigenvalue weighted by atomic mass is 9.68. The van der Waals surface area contributed by atoms with Crippen molar-refractivity contribution in [1.82, 2.24) is 14.5 Å². The molecule has 1 saturated heterocycles. The van der Waals surface area contributed by atoms with E-state index in [1.54, 1.807) is 43.1 Å². The smallest absolute Gasteiger partial charge is 0.416 e. The Morgan fingerprint density at radius 1 is 1.24 bits per heavy atom. The van der Waals surface area contributed by atoms with Crippen LogP contribution in [0.25, 0.3) is 11.0 Å². The maximum atomic E-state index is 12.9. The molecule has 3 heterocycles. The predicted octanol–water partition coefficient (Wildman–Crippen LogP) is 4.51. The van der Waals surface area contributed by atoms with Crippen molar-refractivity contribution in [3.8, 4) is 6.07 Å². The van der Waals surface area contributed by atoms with Gasteiger partial charge in [-0.1, -0.05) is 13.0 Å². The van der Waals surface area contributed by atoms with E-state index in [1.165, 1.54) is 0 Å². The van der Waals surface area contributed by atoms with Gasteiger partial charge in [-0.2, -0.15) is 5.26 Å². The van der Waals surface area contributed by atoms with E-state index >= 15 is 0 Å². The first-order chi connectivity index (χ1) is 16.1. The Labute approximate surface area is 198 Å². The van der Waals surface area contributed by atoms with Crippen molar-refractivity contribution >= 4 is 22.9 Å². The number of nitriles is 1. The van der Waals surface area contributed by atoms with Gasteiger partial charge in [-0.05, 0) is 69.2 Å². The number of rotatable bonds is 4. The van der Waals surface area contributed by atoms with Crippen LogP contribution in [0, 0.1) is 16.7 Å². The summed E-state index contributed by atoms with van der Waals surface area (Å²) in [4.78, 5) is 23.4. The molecule has 5 rings (SSSR count). The molecule has 1 spiro atoms. The SMILES string of the molecule is CC(C)(O)c1ccc(N2C[C@@]3(CCC[C@](C)(Cn4cnc5ccc(C#N)cc54)C3)OC2=O)nc1. The summed E-state index contributed by atoms with van der Waals surface area (Å²) in [5.74, 6) is 0.534. The number of aromatic nitrogens is 3. The highest BCUT2D eigenvalue weighted by Gasteiger charge is 2.52. The van der Waals surface area contributed by atoms with E-state index < -0.39 is 11.2 Å². The number of carbonyl (C=O) groups is 1. The quantitative estimate of drug-likeness (QED) is 0.616. The Morgan fingerprint density at radius 2 is 2.06 bits per heavy atom. The second-order valence-electron chi connectivity index (χ2n) is 10.6. The normalized spacial score (nSPS) is 25.0. The summed E-state index contributed by atoms with van der Waals surface area (Å²) in [6.07, 6.45) is 6.59. The maximum absolute atomic E-state index is 12.9. The van der Waals surface area contributed by atoms with Crippen LogP contribution in [0.4, 0.5) is 10.6 Å². The molecule has 1 aliphatic carbocycles. The van der Waals surface area contributed by atoms with Gasteiger partial charge < -0.3 is 14.4 Å². The van der Waals surface area contributed by atoms with E-state index in [9.17, 15) is 15.2 Å². The minimum Gasteiger partial charge on any atom is -0.441 e. The topological polar surface area (TPSA) is 104 Å². The standard InChI is InChI=1S/C26H29N5O3/c1-24(2,33)19-6-8-22(28-13-19)31-16-26(34-23(31)32)10-4-9-25(3,14-26)15-30-17-29-20-7-5-18(12-27)11-21(20)30/h5-8,11,13,17,33H,4,9-10,14-16H2,1-3H3/t25-,26-/m0/s1. The number of amides is 1. The molecule has 1 amide bonds. The average Bonchev–Trinajstić information content (AvgIpc) is 3.32. The van der Waals surface area contributed by atoms with Gasteiger partial charge in [0.15, 0.2) is 0 Å². The lowest BCUT2D eigenvalue weighted by Gasteiger charge is -2.43. The Bertz CT molecular complexity index is 1290. The molecule has 2 aliphatic rings. The van der Waals surface area contributed by atoms with E-state index in [0.717, 1.165) is 43.3 Å². The average molecular weight is 460 g/mol. The molecule has 34 heavy (non-hydrogen) atoms. The highest BCUT2D eigenvalue weighted by Crippen LogP contribution is 2.47. The summed E-state index contributed by atoms with van der Waals surface area (Å²) in [6.45, 7) is 6.84. The van der Waals surface area contributed by atoms with E-state index in [1.807, 2.05) is 18.5 Å². The number of carbonyl (C=O) groups excluding carboxylic acids is 1. The van der Waals surface area contributed by atoms with Crippen molar-refractivity contribution in [3.05, 3.63) is 54.0 Å². The van der Waals surface area contributed by atoms with Crippen molar-refractivity contribution in [2.45, 2.75) is 64.2 Å². The number of hydrogen-bond acceptors (Lipinski definition) is 6. The van der Waals surface area contributed by atoms with Gasteiger partial charge in [-0.15, -0.1) is 0 Å². The Balaban J connectivity index is 1.36. The van der Waals surface area contributed by atoms with E-state index in [2.05, 4.69) is 27.5 Å². The molecule has 0 unspecified atom stereocenters. The Hall–Kier alpha value is -3.44. The van der Waals surface area contributed by atoms with Crippen LogP contribution >= 0.6 is 0 Å². The molecule has 2 aromatic heterocycles. The summed E-state index contributed by atoms with van der Waals surface area (Å²) >= 11 is 0. The first-order valence-electron chi connectivity index (χ1n) is 11.6. The van der Waals surface area contributed by atoms with Crippen LogP contribution < -0.4 is 4.90 Å². The summed E-state index contributed by atoms with van der Waals surface area (Å²) < 4.78 is 8.13. The maximum Gasteiger partial charge on any atom is 0.416 e. The molecule has 8 heteroatoms. The van der Waals surface area contributed by atoms with Crippen LogP contribution in [0.3, 0.4) is 0 Å². The minimum atomic E-state index is -0.991. The van der Waals surface area contributed by atoms with E-state index in [-0.39, 0.29) is 11.5 Å². The second kappa shape index (κ2) is 7.81. The van der Waals surface area contributed by atoms with Gasteiger partial charge >= 0.3 is 6.09 Å². The van der Waals surface area contributed by atoms with Crippen LogP contribution in [0.1, 0.15) is 57.6 Å². The number of imidazole rings is 1. The predicted molar refractivity (Wildman–Crippen MR) is 127 cm³/mol. The van der Waals surface area contributed by atoms with Gasteiger partial charge in [0.1, 0.15) is 11.4 Å². The summed E-state index contributed by atoms with van der Waals surface area (Å²) in [5.41, 5.74) is 1.47. The minimum absolute atomic E-state index is 0.0942. The van der Waals surface area contributed by atoms with Crippen LogP contribution in [-0.2, 0) is 16.9 Å². The third kappa shape index (κ3) is 4.01. The van der Waals surface area contributed by atoms with Crippen molar-refractivity contribution < 1.29 is 14.6 Å². The van der Waals surface area contributed by atoms with Gasteiger partial charge in [-0.3, -0.25) is 4.90 Å². The zero-order valence-corrected chi connectivity index (χ0v) is 19.8. The molecule has 1 aromatic carbocycles. The number of aliphatic hydroxyl groups is 1. The van der Waals surface area contributed by atoms with Crippen LogP contribution in [-0.4, -0.2) is 37.9 Å². The summed E-state index contributed by atoms with van der Waals surface area (Å²) in [5, 5.41) is 19.5. The fourth-order valence-corrected chi connectivity index (χ4v) is 5.52. The van der Waals surface area contributed by atoms with Crippen molar-refractivity contribution in [1.29, 1.82) is 5.26 Å². The molecule has 1 N–H and O–H groups in total. The van der Waals surface area contributed by atoms with Crippen LogP contribution in [0.5, 0.6) is 0 Å². The highest BCUT2D eigenvalue weighted by molar-refractivity contribution is 5.89. The van der Waals surface area contributed by atoms with Gasteiger partial charge in [0.05, 0.1) is 41.1 Å². The van der Waals surface area contributed by atoms with Gasteiger partial charge in [-0.25, -0.2) is 14.8 Å². The zero-order chi connectivity index (χ0) is 24.1. The van der Waals surface area contributed by atoms with E-state index in [4.69, 9.17) is 4.74 Å². The van der Waals surface area contributed by atoms with Crippen LogP contribution in [0.15, 0.2) is 42.9 Å². The molecule has 1 saturated carbocycles. The van der Waals surface area contributed by atoms with Crippen molar-refractivity contribution in [2.24, 2.45) is 5.41 Å². The third-order valence-electron chi connectivity index (χ3n) is 7.17. The molecule has 1 aliphatic heterocycles. The fourth-order valence-electron chi connectivity index (χ4n) is 5.52. The van der Waals surface area contributed by atoms with Crippen LogP contribution in [0.2, 0.25) is 0 Å². The largest absolute Gasteiger partial charge is 0.441 e. The van der Waals surface area contributed by atoms with Gasteiger partial charge in [0, 0.05) is 18.3 Å². The fraction of sp³-hybridized carbons (Fsp3) is 0.462. The van der Waals surface area contributed by atoms with Gasteiger partial charge in [0.2, 0.25) is 0 Å². The highest BCUT2D eigenvalue weighted by atomic mass is 16.6. The molecule has 0 radical (unpaired) electrons. The Kier molecular flexibility index (Phi) is 5.14. The second-order valence-corrected chi connectivity index (χ2v) is 10.6. The molecule has 176 valence electrons. The van der Waals surface area contributed by atoms with Crippen molar-refractivity contribution in [3.63, 3.8) is 0 Å². The molecule has 8 nitrogen and oxygen atoms in total. The zero-order valence-electron chi connectivity index (χ0n) is 19.8. The lowest BCUT2D eigenvalue weighted by Crippen LogP contribution is -2.45. The van der Waals surface area contributed by atoms with E-state index in [0.29, 0.717) is 23.5 Å². The molecule has 2 fully saturated rings. The molecular weight excluding hydrogens is 430 g/mol. The molecule has 0 bridgehead atoms. The van der Waals surface area contributed by atoms with Crippen molar-refractivity contribution in [2.75, 3.05) is 11.4 Å².